The third-order valence-electron chi connectivity index (χ3n) is 4.28. The molecule has 1 aliphatic heterocycles. The van der Waals surface area contributed by atoms with Gasteiger partial charge in [-0.1, -0.05) is 6.07 Å². The Hall–Kier alpha value is -1.11. The SMILES string of the molecule is CC(C)N1CCC(N(C)S(=O)(=O)c2cccc(N)c2)CC1. The predicted octanol–water partition coefficient (Wildman–Crippen LogP) is 1.76. The van der Waals surface area contributed by atoms with Gasteiger partial charge in [0.25, 0.3) is 0 Å². The molecule has 1 heterocycles. The van der Waals surface area contributed by atoms with Crippen molar-refractivity contribution in [2.24, 2.45) is 0 Å². The number of sulfonamides is 1. The van der Waals surface area contributed by atoms with Gasteiger partial charge in [0.1, 0.15) is 0 Å². The summed E-state index contributed by atoms with van der Waals surface area (Å²) in [4.78, 5) is 2.66. The number of hydrogen-bond donors (Lipinski definition) is 1. The summed E-state index contributed by atoms with van der Waals surface area (Å²) in [5.41, 5.74) is 6.17. The average Bonchev–Trinajstić information content (AvgIpc) is 2.46. The first-order valence-corrected chi connectivity index (χ1v) is 8.84. The van der Waals surface area contributed by atoms with Crippen LogP contribution in [-0.2, 0) is 10.0 Å². The zero-order valence-corrected chi connectivity index (χ0v) is 13.8. The molecule has 5 nitrogen and oxygen atoms in total. The monoisotopic (exact) mass is 311 g/mol. The van der Waals surface area contributed by atoms with Crippen LogP contribution in [0.3, 0.4) is 0 Å². The number of piperidine rings is 1. The highest BCUT2D eigenvalue weighted by atomic mass is 32.2. The van der Waals surface area contributed by atoms with Gasteiger partial charge >= 0.3 is 0 Å². The zero-order valence-electron chi connectivity index (χ0n) is 13.0. The van der Waals surface area contributed by atoms with Crippen LogP contribution in [0.5, 0.6) is 0 Å². The van der Waals surface area contributed by atoms with Gasteiger partial charge in [0.15, 0.2) is 0 Å². The van der Waals surface area contributed by atoms with Crippen molar-refractivity contribution in [3.8, 4) is 0 Å². The lowest BCUT2D eigenvalue weighted by Crippen LogP contribution is -2.47. The van der Waals surface area contributed by atoms with Crippen molar-refractivity contribution < 1.29 is 8.42 Å². The van der Waals surface area contributed by atoms with Gasteiger partial charge in [-0.15, -0.1) is 0 Å². The first kappa shape index (κ1) is 16.3. The number of hydrogen-bond acceptors (Lipinski definition) is 4. The molecule has 0 atom stereocenters. The van der Waals surface area contributed by atoms with Gasteiger partial charge in [-0.25, -0.2) is 8.42 Å². The minimum atomic E-state index is -3.46. The highest BCUT2D eigenvalue weighted by Crippen LogP contribution is 2.24. The molecule has 0 saturated carbocycles. The van der Waals surface area contributed by atoms with Crippen LogP contribution in [0.4, 0.5) is 5.69 Å². The fourth-order valence-corrected chi connectivity index (χ4v) is 4.27. The molecule has 1 aromatic carbocycles. The molecule has 1 aliphatic rings. The molecule has 0 radical (unpaired) electrons. The Morgan fingerprint density at radius 3 is 2.43 bits per heavy atom. The first-order valence-electron chi connectivity index (χ1n) is 7.40. The summed E-state index contributed by atoms with van der Waals surface area (Å²) < 4.78 is 26.8. The molecule has 118 valence electrons. The largest absolute Gasteiger partial charge is 0.399 e. The van der Waals surface area contributed by atoms with Gasteiger partial charge in [0, 0.05) is 24.8 Å². The molecule has 0 aromatic heterocycles. The molecule has 1 fully saturated rings. The van der Waals surface area contributed by atoms with E-state index in [4.69, 9.17) is 5.73 Å². The van der Waals surface area contributed by atoms with Crippen molar-refractivity contribution in [3.63, 3.8) is 0 Å². The molecular formula is C15H25N3O2S. The van der Waals surface area contributed by atoms with E-state index in [1.54, 1.807) is 25.2 Å². The normalized spacial score (nSPS) is 18.5. The maximum Gasteiger partial charge on any atom is 0.243 e. The van der Waals surface area contributed by atoms with Crippen molar-refractivity contribution in [1.29, 1.82) is 0 Å². The van der Waals surface area contributed by atoms with Crippen LogP contribution >= 0.6 is 0 Å². The number of rotatable bonds is 4. The molecule has 0 bridgehead atoms. The summed E-state index contributed by atoms with van der Waals surface area (Å²) in [6.07, 6.45) is 1.74. The van der Waals surface area contributed by atoms with Crippen LogP contribution in [0.15, 0.2) is 29.2 Å². The van der Waals surface area contributed by atoms with E-state index in [9.17, 15) is 8.42 Å². The second kappa shape index (κ2) is 6.34. The van der Waals surface area contributed by atoms with E-state index in [2.05, 4.69) is 18.7 Å². The highest BCUT2D eigenvalue weighted by molar-refractivity contribution is 7.89. The van der Waals surface area contributed by atoms with Crippen molar-refractivity contribution >= 4 is 15.7 Å². The smallest absolute Gasteiger partial charge is 0.243 e. The maximum atomic E-state index is 12.7. The number of nitrogens with zero attached hydrogens (tertiary/aromatic N) is 2. The van der Waals surface area contributed by atoms with Gasteiger partial charge in [-0.2, -0.15) is 4.31 Å². The van der Waals surface area contributed by atoms with Crippen molar-refractivity contribution in [2.45, 2.75) is 43.7 Å². The Balaban J connectivity index is 2.11. The van der Waals surface area contributed by atoms with Gasteiger partial charge in [0.05, 0.1) is 4.90 Å². The predicted molar refractivity (Wildman–Crippen MR) is 85.5 cm³/mol. The first-order chi connectivity index (χ1) is 9.82. The zero-order chi connectivity index (χ0) is 15.6. The van der Waals surface area contributed by atoms with E-state index in [-0.39, 0.29) is 10.9 Å². The number of anilines is 1. The van der Waals surface area contributed by atoms with Gasteiger partial charge in [-0.05, 0) is 58.0 Å². The summed E-state index contributed by atoms with van der Waals surface area (Å²) in [5.74, 6) is 0. The minimum absolute atomic E-state index is 0.0615. The molecule has 1 aromatic rings. The molecule has 21 heavy (non-hydrogen) atoms. The van der Waals surface area contributed by atoms with Crippen molar-refractivity contribution in [1.82, 2.24) is 9.21 Å². The van der Waals surface area contributed by atoms with E-state index in [1.165, 1.54) is 10.4 Å². The topological polar surface area (TPSA) is 66.6 Å². The molecule has 0 amide bonds. The summed E-state index contributed by atoms with van der Waals surface area (Å²) in [5, 5.41) is 0. The fourth-order valence-electron chi connectivity index (χ4n) is 2.80. The average molecular weight is 311 g/mol. The Labute approximate surface area is 127 Å². The van der Waals surface area contributed by atoms with Crippen LogP contribution in [0.1, 0.15) is 26.7 Å². The van der Waals surface area contributed by atoms with Crippen LogP contribution in [0, 0.1) is 0 Å². The lowest BCUT2D eigenvalue weighted by Gasteiger charge is -2.38. The fraction of sp³-hybridized carbons (Fsp3) is 0.600. The van der Waals surface area contributed by atoms with Crippen molar-refractivity contribution in [2.75, 3.05) is 25.9 Å². The van der Waals surface area contributed by atoms with E-state index in [0.29, 0.717) is 11.7 Å². The molecule has 1 saturated heterocycles. The summed E-state index contributed by atoms with van der Waals surface area (Å²) in [6.45, 7) is 6.24. The van der Waals surface area contributed by atoms with Gasteiger partial charge in [0.2, 0.25) is 10.0 Å². The summed E-state index contributed by atoms with van der Waals surface area (Å²) >= 11 is 0. The highest BCUT2D eigenvalue weighted by Gasteiger charge is 2.31. The Morgan fingerprint density at radius 1 is 1.29 bits per heavy atom. The Bertz CT molecular complexity index is 578. The van der Waals surface area contributed by atoms with E-state index in [1.807, 2.05) is 0 Å². The second-order valence-electron chi connectivity index (χ2n) is 5.95. The van der Waals surface area contributed by atoms with E-state index in [0.717, 1.165) is 25.9 Å². The third kappa shape index (κ3) is 3.56. The van der Waals surface area contributed by atoms with Crippen molar-refractivity contribution in [3.05, 3.63) is 24.3 Å². The van der Waals surface area contributed by atoms with Gasteiger partial charge in [-0.3, -0.25) is 0 Å². The van der Waals surface area contributed by atoms with Crippen LogP contribution in [-0.4, -0.2) is 49.8 Å². The summed E-state index contributed by atoms with van der Waals surface area (Å²) in [6, 6.07) is 7.08. The standard InChI is InChI=1S/C15H25N3O2S/c1-12(2)18-9-7-14(8-10-18)17(3)21(19,20)15-6-4-5-13(16)11-15/h4-6,11-12,14H,7-10,16H2,1-3H3. The number of benzene rings is 1. The number of nitrogens with two attached hydrogens (primary N) is 1. The quantitative estimate of drug-likeness (QED) is 0.861. The molecular weight excluding hydrogens is 286 g/mol. The molecule has 2 rings (SSSR count). The molecule has 0 aliphatic carbocycles. The van der Waals surface area contributed by atoms with E-state index < -0.39 is 10.0 Å². The third-order valence-corrected chi connectivity index (χ3v) is 6.18. The molecule has 0 unspecified atom stereocenters. The van der Waals surface area contributed by atoms with Crippen LogP contribution in [0.2, 0.25) is 0 Å². The maximum absolute atomic E-state index is 12.7. The number of nitrogen functional groups attached to an aromatic ring is 1. The van der Waals surface area contributed by atoms with E-state index >= 15 is 0 Å². The van der Waals surface area contributed by atoms with Gasteiger partial charge < -0.3 is 10.6 Å². The lowest BCUT2D eigenvalue weighted by molar-refractivity contribution is 0.140. The number of likely N-dealkylation sites (tertiary alicyclic amines) is 1. The summed E-state index contributed by atoms with van der Waals surface area (Å²) in [7, 11) is -1.79. The second-order valence-corrected chi connectivity index (χ2v) is 7.95. The van der Waals surface area contributed by atoms with Crippen LogP contribution < -0.4 is 5.73 Å². The minimum Gasteiger partial charge on any atom is -0.399 e. The van der Waals surface area contributed by atoms with Crippen LogP contribution in [0.25, 0.3) is 0 Å². The molecule has 2 N–H and O–H groups in total. The Morgan fingerprint density at radius 2 is 1.90 bits per heavy atom. The Kier molecular flexibility index (Phi) is 4.91. The molecule has 0 spiro atoms. The molecule has 6 heteroatoms. The lowest BCUT2D eigenvalue weighted by atomic mass is 10.0.